The van der Waals surface area contributed by atoms with Crippen molar-refractivity contribution in [2.24, 2.45) is 0 Å². The van der Waals surface area contributed by atoms with Crippen LogP contribution in [0.25, 0.3) is 0 Å². The summed E-state index contributed by atoms with van der Waals surface area (Å²) < 4.78 is 23.9. The number of amides is 1. The molecule has 1 heterocycles. The van der Waals surface area contributed by atoms with Crippen molar-refractivity contribution in [1.29, 1.82) is 0 Å². The number of anilines is 2. The van der Waals surface area contributed by atoms with Gasteiger partial charge in [-0.3, -0.25) is 4.79 Å². The molecule has 1 amide bonds. The molecule has 1 saturated heterocycles. The maximum atomic E-state index is 12.5. The van der Waals surface area contributed by atoms with Gasteiger partial charge in [0.25, 0.3) is 0 Å². The van der Waals surface area contributed by atoms with E-state index in [4.69, 9.17) is 0 Å². The molecule has 4 rings (SSSR count). The molecule has 184 valence electrons. The zero-order chi connectivity index (χ0) is 25.0. The van der Waals surface area contributed by atoms with Crippen LogP contribution in [-0.4, -0.2) is 32.7 Å². The van der Waals surface area contributed by atoms with Crippen LogP contribution in [0.3, 0.4) is 0 Å². The summed E-state index contributed by atoms with van der Waals surface area (Å²) in [6, 6.07) is 24.0. The van der Waals surface area contributed by atoms with Crippen molar-refractivity contribution in [2.45, 2.75) is 56.9 Å². The Bertz CT molecular complexity index is 1250. The number of nitrogens with one attached hydrogen (secondary N) is 1. The molecule has 35 heavy (non-hydrogen) atoms. The predicted molar refractivity (Wildman–Crippen MR) is 143 cm³/mol. The number of hydrogen-bond acceptors (Lipinski definition) is 4. The van der Waals surface area contributed by atoms with Gasteiger partial charge in [0.05, 0.1) is 17.1 Å². The number of aryl methyl sites for hydroxylation is 1. The van der Waals surface area contributed by atoms with Gasteiger partial charge in [0, 0.05) is 29.9 Å². The lowest BCUT2D eigenvalue weighted by Crippen LogP contribution is -2.28. The van der Waals surface area contributed by atoms with E-state index in [1.54, 1.807) is 31.2 Å². The highest BCUT2D eigenvalue weighted by molar-refractivity contribution is 7.91. The van der Waals surface area contributed by atoms with Crippen molar-refractivity contribution < 1.29 is 13.2 Å². The van der Waals surface area contributed by atoms with Gasteiger partial charge >= 0.3 is 0 Å². The molecule has 6 heteroatoms. The van der Waals surface area contributed by atoms with Gasteiger partial charge in [-0.15, -0.1) is 0 Å². The first-order valence-corrected chi connectivity index (χ1v) is 14.0. The van der Waals surface area contributed by atoms with Crippen LogP contribution in [0, 0.1) is 6.92 Å². The van der Waals surface area contributed by atoms with Crippen molar-refractivity contribution in [3.8, 4) is 0 Å². The molecule has 1 aliphatic heterocycles. The highest BCUT2D eigenvalue weighted by Crippen LogP contribution is 2.36. The summed E-state index contributed by atoms with van der Waals surface area (Å²) in [5.74, 6) is 0.459. The zero-order valence-electron chi connectivity index (χ0n) is 20.7. The normalized spacial score (nSPS) is 18.0. The van der Waals surface area contributed by atoms with E-state index < -0.39 is 9.84 Å². The van der Waals surface area contributed by atoms with Crippen molar-refractivity contribution in [2.75, 3.05) is 22.5 Å². The van der Waals surface area contributed by atoms with E-state index in [1.165, 1.54) is 16.8 Å². The van der Waals surface area contributed by atoms with Gasteiger partial charge in [0.1, 0.15) is 0 Å². The Morgan fingerprint density at radius 1 is 0.943 bits per heavy atom. The Kier molecular flexibility index (Phi) is 7.60. The van der Waals surface area contributed by atoms with Gasteiger partial charge < -0.3 is 10.2 Å². The van der Waals surface area contributed by atoms with E-state index >= 15 is 0 Å². The molecule has 2 unspecified atom stereocenters. The fraction of sp³-hybridized carbons (Fsp3) is 0.345. The zero-order valence-corrected chi connectivity index (χ0v) is 21.5. The molecule has 3 aromatic carbocycles. The maximum Gasteiger partial charge on any atom is 0.228 e. The van der Waals surface area contributed by atoms with Gasteiger partial charge in [0.15, 0.2) is 9.84 Å². The molecule has 1 fully saturated rings. The summed E-state index contributed by atoms with van der Waals surface area (Å²) in [7, 11) is -3.23. The summed E-state index contributed by atoms with van der Waals surface area (Å²) in [5, 5.41) is 2.95. The Balaban J connectivity index is 1.37. The molecule has 2 atom stereocenters. The smallest absolute Gasteiger partial charge is 0.228 e. The number of carbonyl (C=O) groups excluding carboxylic acids is 1. The lowest BCUT2D eigenvalue weighted by molar-refractivity contribution is -0.115. The minimum Gasteiger partial charge on any atom is -0.368 e. The average molecular weight is 491 g/mol. The van der Waals surface area contributed by atoms with Crippen LogP contribution in [0.2, 0.25) is 0 Å². The number of benzene rings is 3. The SMILES string of the molecule is CCC1CC(c2ccc(C)cc2)CN1c1ccc(NC(=O)Cc2ccc(S(=O)(=O)CC)cc2)cc1. The van der Waals surface area contributed by atoms with Crippen LogP contribution in [0.4, 0.5) is 11.4 Å². The third-order valence-electron chi connectivity index (χ3n) is 6.94. The Hall–Kier alpha value is -3.12. The highest BCUT2D eigenvalue weighted by Gasteiger charge is 2.31. The van der Waals surface area contributed by atoms with Crippen LogP contribution in [0.5, 0.6) is 0 Å². The van der Waals surface area contributed by atoms with Crippen molar-refractivity contribution in [3.63, 3.8) is 0 Å². The summed E-state index contributed by atoms with van der Waals surface area (Å²) in [6.45, 7) is 6.98. The standard InChI is InChI=1S/C29H34N2O3S/c1-4-26-19-24(23-10-6-21(3)7-11-23)20-31(26)27-14-12-25(13-15-27)30-29(32)18-22-8-16-28(17-9-22)35(33,34)5-2/h6-17,24,26H,4-5,18-20H2,1-3H3,(H,30,32). The molecule has 5 nitrogen and oxygen atoms in total. The molecule has 0 aromatic heterocycles. The van der Waals surface area contributed by atoms with Gasteiger partial charge in [-0.25, -0.2) is 8.42 Å². The third kappa shape index (κ3) is 5.93. The summed E-state index contributed by atoms with van der Waals surface area (Å²) >= 11 is 0. The molecule has 0 saturated carbocycles. The minimum absolute atomic E-state index is 0.0614. The van der Waals surface area contributed by atoms with Crippen LogP contribution in [0.15, 0.2) is 77.7 Å². The van der Waals surface area contributed by atoms with Crippen LogP contribution < -0.4 is 10.2 Å². The van der Waals surface area contributed by atoms with Crippen molar-refractivity contribution in [1.82, 2.24) is 0 Å². The quantitative estimate of drug-likeness (QED) is 0.437. The van der Waals surface area contributed by atoms with E-state index in [2.05, 4.69) is 60.5 Å². The first-order valence-electron chi connectivity index (χ1n) is 12.3. The van der Waals surface area contributed by atoms with E-state index in [9.17, 15) is 13.2 Å². The van der Waals surface area contributed by atoms with Crippen LogP contribution in [-0.2, 0) is 21.1 Å². The average Bonchev–Trinajstić information content (AvgIpc) is 3.30. The third-order valence-corrected chi connectivity index (χ3v) is 8.69. The second-order valence-corrected chi connectivity index (χ2v) is 11.7. The lowest BCUT2D eigenvalue weighted by Gasteiger charge is -2.26. The maximum absolute atomic E-state index is 12.5. The summed E-state index contributed by atoms with van der Waals surface area (Å²) in [6.07, 6.45) is 2.44. The fourth-order valence-electron chi connectivity index (χ4n) is 4.81. The lowest BCUT2D eigenvalue weighted by atomic mass is 9.95. The van der Waals surface area contributed by atoms with E-state index in [1.807, 2.05) is 12.1 Å². The summed E-state index contributed by atoms with van der Waals surface area (Å²) in [5.41, 5.74) is 5.40. The molecular weight excluding hydrogens is 456 g/mol. The number of rotatable bonds is 8. The molecule has 1 aliphatic rings. The van der Waals surface area contributed by atoms with Crippen LogP contribution >= 0.6 is 0 Å². The molecular formula is C29H34N2O3S. The molecule has 0 radical (unpaired) electrons. The molecule has 0 bridgehead atoms. The largest absolute Gasteiger partial charge is 0.368 e. The highest BCUT2D eigenvalue weighted by atomic mass is 32.2. The molecule has 3 aromatic rings. The van der Waals surface area contributed by atoms with E-state index in [0.717, 1.165) is 30.6 Å². The molecule has 1 N–H and O–H groups in total. The number of carbonyl (C=O) groups is 1. The van der Waals surface area contributed by atoms with Gasteiger partial charge in [0.2, 0.25) is 5.91 Å². The van der Waals surface area contributed by atoms with Gasteiger partial charge in [-0.1, -0.05) is 55.8 Å². The van der Waals surface area contributed by atoms with Crippen LogP contribution in [0.1, 0.15) is 49.3 Å². The van der Waals surface area contributed by atoms with E-state index in [-0.39, 0.29) is 23.0 Å². The first kappa shape index (κ1) is 25.0. The monoisotopic (exact) mass is 490 g/mol. The number of nitrogens with zero attached hydrogens (tertiary/aromatic N) is 1. The van der Waals surface area contributed by atoms with E-state index in [0.29, 0.717) is 12.0 Å². The predicted octanol–water partition coefficient (Wildman–Crippen LogP) is 5.74. The van der Waals surface area contributed by atoms with Crippen molar-refractivity contribution in [3.05, 3.63) is 89.5 Å². The van der Waals surface area contributed by atoms with Gasteiger partial charge in [-0.2, -0.15) is 0 Å². The first-order chi connectivity index (χ1) is 16.8. The Morgan fingerprint density at radius 2 is 1.60 bits per heavy atom. The number of sulfone groups is 1. The van der Waals surface area contributed by atoms with Crippen molar-refractivity contribution >= 4 is 27.1 Å². The van der Waals surface area contributed by atoms with Gasteiger partial charge in [-0.05, 0) is 67.3 Å². The minimum atomic E-state index is -3.23. The molecule has 0 aliphatic carbocycles. The fourth-order valence-corrected chi connectivity index (χ4v) is 5.69. The topological polar surface area (TPSA) is 66.5 Å². The second-order valence-electron chi connectivity index (χ2n) is 9.38. The Morgan fingerprint density at radius 3 is 2.20 bits per heavy atom. The molecule has 0 spiro atoms. The Labute approximate surface area is 209 Å². The number of hydrogen-bond donors (Lipinski definition) is 1. The summed E-state index contributed by atoms with van der Waals surface area (Å²) in [4.78, 5) is 15.3. The second kappa shape index (κ2) is 10.6.